The van der Waals surface area contributed by atoms with Crippen LogP contribution in [0.1, 0.15) is 181 Å². The van der Waals surface area contributed by atoms with Crippen molar-refractivity contribution in [3.63, 3.8) is 0 Å². The van der Waals surface area contributed by atoms with E-state index in [0.717, 1.165) is 38.5 Å². The van der Waals surface area contributed by atoms with Gasteiger partial charge in [0, 0.05) is 12.8 Å². The van der Waals surface area contributed by atoms with Gasteiger partial charge in [0.15, 0.2) is 6.10 Å². The van der Waals surface area contributed by atoms with E-state index >= 15 is 0 Å². The molecule has 5 nitrogen and oxygen atoms in total. The minimum absolute atomic E-state index is 0.0941. The average molecular weight is 645 g/mol. The summed E-state index contributed by atoms with van der Waals surface area (Å²) in [7, 11) is 0. The van der Waals surface area contributed by atoms with Gasteiger partial charge in [0.25, 0.3) is 0 Å². The molecule has 46 heavy (non-hydrogen) atoms. The monoisotopic (exact) mass is 645 g/mol. The Morgan fingerprint density at radius 1 is 0.500 bits per heavy atom. The topological polar surface area (TPSA) is 72.8 Å². The van der Waals surface area contributed by atoms with Crippen molar-refractivity contribution < 1.29 is 24.2 Å². The number of rotatable bonds is 34. The maximum absolute atomic E-state index is 12.1. The van der Waals surface area contributed by atoms with E-state index in [1.807, 2.05) is 0 Å². The molecule has 1 atom stereocenters. The van der Waals surface area contributed by atoms with Gasteiger partial charge in [-0.2, -0.15) is 0 Å². The highest BCUT2D eigenvalue weighted by molar-refractivity contribution is 5.70. The SMILES string of the molecule is CCCCCCC=CCCCCCCCCCC(=O)OC(CO)COC(=O)CCCC=CCC=CCC=CCCCCCCCC. The predicted molar refractivity (Wildman–Crippen MR) is 196 cm³/mol. The molecule has 0 rings (SSSR count). The van der Waals surface area contributed by atoms with Crippen LogP contribution in [0.3, 0.4) is 0 Å². The smallest absolute Gasteiger partial charge is 0.306 e. The molecule has 0 bridgehead atoms. The number of aliphatic hydroxyl groups is 1. The summed E-state index contributed by atoms with van der Waals surface area (Å²) in [6, 6.07) is 0. The first-order chi connectivity index (χ1) is 22.6. The maximum atomic E-state index is 12.1. The molecule has 0 heterocycles. The number of hydrogen-bond donors (Lipinski definition) is 1. The molecule has 0 aliphatic rings. The number of aliphatic hydroxyl groups excluding tert-OH is 1. The number of hydrogen-bond acceptors (Lipinski definition) is 5. The summed E-state index contributed by atoms with van der Waals surface area (Å²) < 4.78 is 10.5. The van der Waals surface area contributed by atoms with Crippen LogP contribution in [0.15, 0.2) is 48.6 Å². The zero-order chi connectivity index (χ0) is 33.6. The second-order valence-electron chi connectivity index (χ2n) is 12.6. The Kier molecular flexibility index (Phi) is 35.6. The van der Waals surface area contributed by atoms with Crippen molar-refractivity contribution in [2.24, 2.45) is 0 Å². The molecule has 0 spiro atoms. The van der Waals surface area contributed by atoms with Gasteiger partial charge in [-0.25, -0.2) is 0 Å². The molecule has 0 aliphatic carbocycles. The van der Waals surface area contributed by atoms with E-state index in [4.69, 9.17) is 9.47 Å². The Balaban J connectivity index is 3.66. The first kappa shape index (κ1) is 43.9. The van der Waals surface area contributed by atoms with Gasteiger partial charge in [-0.3, -0.25) is 9.59 Å². The normalized spacial score (nSPS) is 12.7. The molecule has 0 saturated heterocycles. The third kappa shape index (κ3) is 34.7. The molecule has 0 aliphatic heterocycles. The maximum Gasteiger partial charge on any atom is 0.306 e. The summed E-state index contributed by atoms with van der Waals surface area (Å²) >= 11 is 0. The van der Waals surface area contributed by atoms with Crippen molar-refractivity contribution in [3.8, 4) is 0 Å². The predicted octanol–water partition coefficient (Wildman–Crippen LogP) is 11.8. The Hall–Kier alpha value is -2.14. The van der Waals surface area contributed by atoms with Crippen LogP contribution in [0.5, 0.6) is 0 Å². The standard InChI is InChI=1S/C41H72O5/c1-3-5-7-9-11-13-15-17-19-20-22-23-25-27-29-31-33-35-40(43)45-38-39(37-42)46-41(44)36-34-32-30-28-26-24-21-18-16-14-12-10-8-6-4-2/h14,16-17,19,22-23,27,29,39,42H,3-13,15,18,20-21,24-26,28,30-38H2,1-2H3. The molecule has 0 aromatic carbocycles. The molecule has 1 unspecified atom stereocenters. The first-order valence-corrected chi connectivity index (χ1v) is 19.2. The van der Waals surface area contributed by atoms with Gasteiger partial charge in [0.05, 0.1) is 6.61 Å². The van der Waals surface area contributed by atoms with Crippen molar-refractivity contribution in [2.75, 3.05) is 13.2 Å². The van der Waals surface area contributed by atoms with Gasteiger partial charge >= 0.3 is 11.9 Å². The van der Waals surface area contributed by atoms with Crippen LogP contribution < -0.4 is 0 Å². The van der Waals surface area contributed by atoms with E-state index in [0.29, 0.717) is 19.3 Å². The summed E-state index contributed by atoms with van der Waals surface area (Å²) in [4.78, 5) is 24.2. The lowest BCUT2D eigenvalue weighted by molar-refractivity contribution is -0.161. The number of carbonyl (C=O) groups excluding carboxylic acids is 2. The number of unbranched alkanes of at least 4 members (excludes halogenated alkanes) is 18. The van der Waals surface area contributed by atoms with Gasteiger partial charge in [0.2, 0.25) is 0 Å². The van der Waals surface area contributed by atoms with Crippen LogP contribution in [0.25, 0.3) is 0 Å². The molecular formula is C41H72O5. The molecule has 5 heteroatoms. The Morgan fingerprint density at radius 3 is 1.41 bits per heavy atom. The van der Waals surface area contributed by atoms with E-state index in [1.54, 1.807) is 0 Å². The van der Waals surface area contributed by atoms with E-state index in [-0.39, 0.29) is 25.2 Å². The molecular weight excluding hydrogens is 572 g/mol. The second kappa shape index (κ2) is 37.3. The van der Waals surface area contributed by atoms with Crippen LogP contribution in [-0.2, 0) is 19.1 Å². The average Bonchev–Trinajstić information content (AvgIpc) is 3.06. The lowest BCUT2D eigenvalue weighted by atomic mass is 10.1. The van der Waals surface area contributed by atoms with E-state index in [1.165, 1.54) is 109 Å². The molecule has 0 aromatic rings. The summed E-state index contributed by atoms with van der Waals surface area (Å²) in [5, 5.41) is 9.53. The van der Waals surface area contributed by atoms with E-state index in [2.05, 4.69) is 62.5 Å². The molecule has 0 radical (unpaired) electrons. The fourth-order valence-corrected chi connectivity index (χ4v) is 5.15. The molecule has 266 valence electrons. The Labute approximate surface area is 284 Å². The quantitative estimate of drug-likeness (QED) is 0.0429. The largest absolute Gasteiger partial charge is 0.462 e. The third-order valence-corrected chi connectivity index (χ3v) is 8.10. The lowest BCUT2D eigenvalue weighted by Crippen LogP contribution is -2.28. The van der Waals surface area contributed by atoms with E-state index in [9.17, 15) is 14.7 Å². The van der Waals surface area contributed by atoms with Crippen molar-refractivity contribution in [1.29, 1.82) is 0 Å². The minimum atomic E-state index is -0.793. The molecule has 0 saturated carbocycles. The van der Waals surface area contributed by atoms with Crippen molar-refractivity contribution in [3.05, 3.63) is 48.6 Å². The molecule has 0 amide bonds. The summed E-state index contributed by atoms with van der Waals surface area (Å²) in [6.45, 7) is 4.06. The highest BCUT2D eigenvalue weighted by Crippen LogP contribution is 2.12. The van der Waals surface area contributed by atoms with Crippen LogP contribution in [0.4, 0.5) is 0 Å². The lowest BCUT2D eigenvalue weighted by Gasteiger charge is -2.15. The highest BCUT2D eigenvalue weighted by Gasteiger charge is 2.16. The van der Waals surface area contributed by atoms with Gasteiger partial charge in [-0.1, -0.05) is 146 Å². The van der Waals surface area contributed by atoms with Crippen molar-refractivity contribution in [2.45, 2.75) is 187 Å². The molecule has 0 aromatic heterocycles. The summed E-state index contributed by atoms with van der Waals surface area (Å²) in [5.74, 6) is -0.658. The molecule has 1 N–H and O–H groups in total. The zero-order valence-electron chi connectivity index (χ0n) is 30.1. The Bertz CT molecular complexity index is 782. The van der Waals surface area contributed by atoms with Gasteiger partial charge in [-0.15, -0.1) is 0 Å². The number of esters is 2. The van der Waals surface area contributed by atoms with Gasteiger partial charge in [0.1, 0.15) is 6.61 Å². The minimum Gasteiger partial charge on any atom is -0.462 e. The molecule has 0 fully saturated rings. The second-order valence-corrected chi connectivity index (χ2v) is 12.6. The summed E-state index contributed by atoms with van der Waals surface area (Å²) in [6.07, 6.45) is 46.0. The highest BCUT2D eigenvalue weighted by atomic mass is 16.6. The number of carbonyl (C=O) groups is 2. The Morgan fingerprint density at radius 2 is 0.891 bits per heavy atom. The number of ether oxygens (including phenoxy) is 2. The van der Waals surface area contributed by atoms with Crippen LogP contribution in [0.2, 0.25) is 0 Å². The van der Waals surface area contributed by atoms with E-state index < -0.39 is 6.10 Å². The van der Waals surface area contributed by atoms with Crippen molar-refractivity contribution >= 4 is 11.9 Å². The van der Waals surface area contributed by atoms with Gasteiger partial charge < -0.3 is 14.6 Å². The van der Waals surface area contributed by atoms with Gasteiger partial charge in [-0.05, 0) is 70.6 Å². The fraction of sp³-hybridized carbons (Fsp3) is 0.756. The fourth-order valence-electron chi connectivity index (χ4n) is 5.15. The van der Waals surface area contributed by atoms with Crippen LogP contribution in [0, 0.1) is 0 Å². The summed E-state index contributed by atoms with van der Waals surface area (Å²) in [5.41, 5.74) is 0. The zero-order valence-corrected chi connectivity index (χ0v) is 30.1. The van der Waals surface area contributed by atoms with Crippen LogP contribution >= 0.6 is 0 Å². The third-order valence-electron chi connectivity index (χ3n) is 8.10. The first-order valence-electron chi connectivity index (χ1n) is 19.2. The van der Waals surface area contributed by atoms with Crippen LogP contribution in [-0.4, -0.2) is 36.4 Å². The van der Waals surface area contributed by atoms with Crippen molar-refractivity contribution in [1.82, 2.24) is 0 Å². The number of allylic oxidation sites excluding steroid dienone is 8.